The lowest BCUT2D eigenvalue weighted by Crippen LogP contribution is -2.46. The first-order chi connectivity index (χ1) is 7.83. The van der Waals surface area contributed by atoms with Crippen LogP contribution in [0.2, 0.25) is 0 Å². The molecule has 0 radical (unpaired) electrons. The Morgan fingerprint density at radius 3 is 2.35 bits per heavy atom. The maximum Gasteiger partial charge on any atom is 0.157 e. The Labute approximate surface area is 103 Å². The molecule has 0 bridgehead atoms. The first-order valence-electron chi connectivity index (χ1n) is 5.72. The lowest BCUT2D eigenvalue weighted by atomic mass is 10.0. The molecule has 0 aliphatic heterocycles. The van der Waals surface area contributed by atoms with Crippen LogP contribution in [0.25, 0.3) is 0 Å². The van der Waals surface area contributed by atoms with Crippen molar-refractivity contribution < 1.29 is 10.2 Å². The van der Waals surface area contributed by atoms with Crippen LogP contribution in [0.3, 0.4) is 0 Å². The van der Waals surface area contributed by atoms with Gasteiger partial charge in [-0.1, -0.05) is 6.07 Å². The molecule has 3 N–H and O–H groups in total. The minimum absolute atomic E-state index is 0.0730. The van der Waals surface area contributed by atoms with E-state index in [2.05, 4.69) is 24.1 Å². The highest BCUT2D eigenvalue weighted by atomic mass is 16.3. The molecular weight excluding hydrogens is 216 g/mol. The molecular formula is C13H22N2O2. The third-order valence-corrected chi connectivity index (χ3v) is 3.14. The van der Waals surface area contributed by atoms with Gasteiger partial charge in [-0.05, 0) is 45.6 Å². The fourth-order valence-electron chi connectivity index (χ4n) is 1.35. The van der Waals surface area contributed by atoms with E-state index >= 15 is 0 Å². The average Bonchev–Trinajstić information content (AvgIpc) is 2.23. The molecule has 0 aliphatic carbocycles. The molecule has 0 aliphatic rings. The van der Waals surface area contributed by atoms with Crippen LogP contribution in [0.5, 0.6) is 11.5 Å². The van der Waals surface area contributed by atoms with Crippen LogP contribution in [-0.2, 0) is 6.54 Å². The molecule has 0 atom stereocenters. The van der Waals surface area contributed by atoms with Crippen molar-refractivity contribution in [3.8, 4) is 11.5 Å². The number of rotatable bonds is 5. The molecule has 4 nitrogen and oxygen atoms in total. The van der Waals surface area contributed by atoms with E-state index < -0.39 is 0 Å². The van der Waals surface area contributed by atoms with Gasteiger partial charge in [0.15, 0.2) is 11.5 Å². The third kappa shape index (κ3) is 3.91. The molecule has 0 spiro atoms. The van der Waals surface area contributed by atoms with Crippen molar-refractivity contribution >= 4 is 0 Å². The van der Waals surface area contributed by atoms with E-state index in [1.165, 1.54) is 6.07 Å². The molecule has 0 saturated carbocycles. The van der Waals surface area contributed by atoms with Gasteiger partial charge in [0.05, 0.1) is 0 Å². The lowest BCUT2D eigenvalue weighted by Gasteiger charge is -2.32. The van der Waals surface area contributed by atoms with Gasteiger partial charge in [-0.25, -0.2) is 0 Å². The maximum absolute atomic E-state index is 9.36. The van der Waals surface area contributed by atoms with Gasteiger partial charge in [-0.2, -0.15) is 0 Å². The summed E-state index contributed by atoms with van der Waals surface area (Å²) in [5.74, 6) is -0.154. The summed E-state index contributed by atoms with van der Waals surface area (Å²) in [5, 5.41) is 21.9. The number of phenolic OH excluding ortho intramolecular Hbond substituents is 2. The van der Waals surface area contributed by atoms with Gasteiger partial charge in [0.2, 0.25) is 0 Å². The van der Waals surface area contributed by atoms with Crippen molar-refractivity contribution in [1.82, 2.24) is 10.2 Å². The minimum atomic E-state index is -0.0811. The van der Waals surface area contributed by atoms with Crippen molar-refractivity contribution in [2.75, 3.05) is 20.6 Å². The number of nitrogens with zero attached hydrogens (tertiary/aromatic N) is 1. The number of phenols is 2. The smallest absolute Gasteiger partial charge is 0.157 e. The van der Waals surface area contributed by atoms with Crippen molar-refractivity contribution in [1.29, 1.82) is 0 Å². The predicted molar refractivity (Wildman–Crippen MR) is 69.2 cm³/mol. The normalized spacial score (nSPS) is 12.1. The van der Waals surface area contributed by atoms with E-state index in [-0.39, 0.29) is 17.0 Å². The Bertz CT molecular complexity index is 376. The first-order valence-corrected chi connectivity index (χ1v) is 5.72. The van der Waals surface area contributed by atoms with Crippen LogP contribution in [0.15, 0.2) is 18.2 Å². The van der Waals surface area contributed by atoms with Crippen molar-refractivity contribution in [2.45, 2.75) is 25.9 Å². The zero-order valence-corrected chi connectivity index (χ0v) is 11.0. The Kier molecular flexibility index (Phi) is 4.37. The van der Waals surface area contributed by atoms with Gasteiger partial charge in [0, 0.05) is 18.6 Å². The molecule has 1 rings (SSSR count). The number of benzene rings is 1. The fraction of sp³-hybridized carbons (Fsp3) is 0.538. The second kappa shape index (κ2) is 5.38. The number of nitrogens with one attached hydrogen (secondary N) is 1. The highest BCUT2D eigenvalue weighted by Gasteiger charge is 2.19. The van der Waals surface area contributed by atoms with Gasteiger partial charge in [0.1, 0.15) is 0 Å². The van der Waals surface area contributed by atoms with Gasteiger partial charge < -0.3 is 20.4 Å². The lowest BCUT2D eigenvalue weighted by molar-refractivity contribution is 0.189. The summed E-state index contributed by atoms with van der Waals surface area (Å²) in [6.45, 7) is 5.84. The molecule has 4 heteroatoms. The molecule has 0 unspecified atom stereocenters. The van der Waals surface area contributed by atoms with Gasteiger partial charge in [-0.3, -0.25) is 0 Å². The SMILES string of the molecule is CN(C)C(C)(C)CNCc1ccc(O)c(O)c1. The molecule has 17 heavy (non-hydrogen) atoms. The third-order valence-electron chi connectivity index (χ3n) is 3.14. The van der Waals surface area contributed by atoms with Crippen molar-refractivity contribution in [3.05, 3.63) is 23.8 Å². The Morgan fingerprint density at radius 2 is 1.82 bits per heavy atom. The molecule has 0 fully saturated rings. The van der Waals surface area contributed by atoms with Gasteiger partial charge in [0.25, 0.3) is 0 Å². The zero-order valence-electron chi connectivity index (χ0n) is 11.0. The second-order valence-corrected chi connectivity index (χ2v) is 5.13. The monoisotopic (exact) mass is 238 g/mol. The molecule has 0 heterocycles. The predicted octanol–water partition coefficient (Wildman–Crippen LogP) is 1.53. The van der Waals surface area contributed by atoms with Crippen LogP contribution in [0, 0.1) is 0 Å². The highest BCUT2D eigenvalue weighted by Crippen LogP contribution is 2.24. The summed E-state index contributed by atoms with van der Waals surface area (Å²) in [7, 11) is 4.10. The summed E-state index contributed by atoms with van der Waals surface area (Å²) < 4.78 is 0. The summed E-state index contributed by atoms with van der Waals surface area (Å²) in [6, 6.07) is 4.87. The molecule has 1 aromatic carbocycles. The molecule has 0 aromatic heterocycles. The van der Waals surface area contributed by atoms with Gasteiger partial charge >= 0.3 is 0 Å². The van der Waals surface area contributed by atoms with E-state index in [4.69, 9.17) is 0 Å². The first kappa shape index (κ1) is 13.8. The minimum Gasteiger partial charge on any atom is -0.504 e. The quantitative estimate of drug-likeness (QED) is 0.681. The van der Waals surface area contributed by atoms with Crippen molar-refractivity contribution in [3.63, 3.8) is 0 Å². The standard InChI is InChI=1S/C13H22N2O2/c1-13(2,15(3)4)9-14-8-10-5-6-11(16)12(17)7-10/h5-7,14,16-17H,8-9H2,1-4H3. The van der Waals surface area contributed by atoms with Crippen molar-refractivity contribution in [2.24, 2.45) is 0 Å². The average molecular weight is 238 g/mol. The number of hydrogen-bond donors (Lipinski definition) is 3. The Hall–Kier alpha value is -1.26. The van der Waals surface area contributed by atoms with Crippen LogP contribution in [0.1, 0.15) is 19.4 Å². The fourth-order valence-corrected chi connectivity index (χ4v) is 1.35. The molecule has 1 aromatic rings. The number of likely N-dealkylation sites (N-methyl/N-ethyl adjacent to an activating group) is 1. The van der Waals surface area contributed by atoms with Gasteiger partial charge in [-0.15, -0.1) is 0 Å². The van der Waals surface area contributed by atoms with E-state index in [0.717, 1.165) is 12.1 Å². The van der Waals surface area contributed by atoms with Crippen LogP contribution < -0.4 is 5.32 Å². The topological polar surface area (TPSA) is 55.7 Å². The molecule has 0 saturated heterocycles. The highest BCUT2D eigenvalue weighted by molar-refractivity contribution is 5.40. The second-order valence-electron chi connectivity index (χ2n) is 5.13. The number of hydrogen-bond acceptors (Lipinski definition) is 4. The Balaban J connectivity index is 2.49. The summed E-state index contributed by atoms with van der Waals surface area (Å²) >= 11 is 0. The van der Waals surface area contributed by atoms with Crippen LogP contribution in [-0.4, -0.2) is 41.3 Å². The Morgan fingerprint density at radius 1 is 1.18 bits per heavy atom. The van der Waals surface area contributed by atoms with E-state index in [0.29, 0.717) is 6.54 Å². The zero-order chi connectivity index (χ0) is 13.1. The summed E-state index contributed by atoms with van der Waals surface area (Å²) in [5.41, 5.74) is 1.04. The molecule has 96 valence electrons. The van der Waals surface area contributed by atoms with E-state index in [1.807, 2.05) is 14.1 Å². The van der Waals surface area contributed by atoms with Crippen LogP contribution in [0.4, 0.5) is 0 Å². The summed E-state index contributed by atoms with van der Waals surface area (Å²) in [4.78, 5) is 2.16. The number of aromatic hydroxyl groups is 2. The van der Waals surface area contributed by atoms with E-state index in [9.17, 15) is 10.2 Å². The van der Waals surface area contributed by atoms with Crippen LogP contribution >= 0.6 is 0 Å². The van der Waals surface area contributed by atoms with E-state index in [1.54, 1.807) is 12.1 Å². The molecule has 0 amide bonds. The largest absolute Gasteiger partial charge is 0.504 e. The summed E-state index contributed by atoms with van der Waals surface area (Å²) in [6.07, 6.45) is 0. The maximum atomic E-state index is 9.36.